The van der Waals surface area contributed by atoms with Crippen LogP contribution in [-0.2, 0) is 16.1 Å². The van der Waals surface area contributed by atoms with Crippen molar-refractivity contribution in [3.05, 3.63) is 125 Å². The second-order valence-electron chi connectivity index (χ2n) is 16.6. The van der Waals surface area contributed by atoms with Gasteiger partial charge in [0.15, 0.2) is 0 Å². The van der Waals surface area contributed by atoms with E-state index in [1.165, 1.54) is 0 Å². The Bertz CT molecular complexity index is 2480. The normalized spacial score (nSPS) is 19.6. The number of nitrogens with zero attached hydrogens (tertiary/aromatic N) is 8. The zero-order valence-corrected chi connectivity index (χ0v) is 34.2. The van der Waals surface area contributed by atoms with Gasteiger partial charge in [-0.25, -0.2) is 14.8 Å². The third-order valence-electron chi connectivity index (χ3n) is 12.3. The van der Waals surface area contributed by atoms with Crippen LogP contribution in [0.15, 0.2) is 97.1 Å². The molecule has 3 aliphatic rings. The third-order valence-corrected chi connectivity index (χ3v) is 12.3. The molecule has 304 valence electrons. The molecule has 2 N–H and O–H groups in total. The van der Waals surface area contributed by atoms with Gasteiger partial charge in [0.05, 0.1) is 34.2 Å². The van der Waals surface area contributed by atoms with Crippen molar-refractivity contribution in [3.8, 4) is 0 Å². The van der Waals surface area contributed by atoms with Gasteiger partial charge >= 0.3 is 6.03 Å². The van der Waals surface area contributed by atoms with Crippen LogP contribution in [0.3, 0.4) is 0 Å². The maximum atomic E-state index is 14.0. The van der Waals surface area contributed by atoms with Crippen molar-refractivity contribution in [2.24, 2.45) is 0 Å². The number of aromatic nitrogens is 4. The van der Waals surface area contributed by atoms with Gasteiger partial charge in [-0.2, -0.15) is 0 Å². The molecule has 0 bridgehead atoms. The molecule has 0 aliphatic carbocycles. The molecule has 3 fully saturated rings. The number of H-pyrrole nitrogens is 2. The van der Waals surface area contributed by atoms with E-state index < -0.39 is 0 Å². The lowest BCUT2D eigenvalue weighted by Gasteiger charge is -2.31. The molecule has 0 radical (unpaired) electrons. The van der Waals surface area contributed by atoms with Crippen LogP contribution >= 0.6 is 0 Å². The highest BCUT2D eigenvalue weighted by Gasteiger charge is 2.39. The standard InChI is InChI=1S/C46H52N10O3/c1-51(2)40(31-13-7-5-8-14-31)44(57)55-23-11-17-38(55)42-47-34-21-19-30(27-36(34)49-42)29-53-25-26-54(46(53)59)33-20-22-35-37(28-33)50-43(48-35)39-18-12-24-56(39)45(58)41(52(3)4)32-15-9-6-10-16-32/h5-10,13-16,19-22,27-28,38-41H,11-12,17-18,23-26,29H2,1-4H3,(H,47,49)(H,48,50)/t38-,39-,40+,41+/m0/s1. The van der Waals surface area contributed by atoms with Gasteiger partial charge in [0.25, 0.3) is 0 Å². The van der Waals surface area contributed by atoms with Crippen LogP contribution in [0.5, 0.6) is 0 Å². The van der Waals surface area contributed by atoms with Crippen LogP contribution in [0.2, 0.25) is 0 Å². The van der Waals surface area contributed by atoms with Crippen LogP contribution in [0, 0.1) is 0 Å². The van der Waals surface area contributed by atoms with Crippen molar-refractivity contribution < 1.29 is 14.4 Å². The number of urea groups is 1. The van der Waals surface area contributed by atoms with Crippen LogP contribution in [-0.4, -0.2) is 117 Å². The van der Waals surface area contributed by atoms with Crippen LogP contribution in [0.1, 0.15) is 78.2 Å². The molecule has 9 rings (SSSR count). The van der Waals surface area contributed by atoms with Gasteiger partial charge in [0.1, 0.15) is 23.7 Å². The number of hydrogen-bond acceptors (Lipinski definition) is 7. The summed E-state index contributed by atoms with van der Waals surface area (Å²) < 4.78 is 0. The minimum atomic E-state index is -0.377. The monoisotopic (exact) mass is 792 g/mol. The van der Waals surface area contributed by atoms with E-state index in [2.05, 4.69) is 16.0 Å². The molecule has 0 spiro atoms. The summed E-state index contributed by atoms with van der Waals surface area (Å²) in [6, 6.07) is 30.8. The van der Waals surface area contributed by atoms with Gasteiger partial charge in [-0.3, -0.25) is 24.3 Å². The molecule has 3 saturated heterocycles. The molecule has 0 saturated carbocycles. The van der Waals surface area contributed by atoms with Crippen molar-refractivity contribution in [2.45, 2.75) is 56.4 Å². The molecule has 13 heteroatoms. The Morgan fingerprint density at radius 3 is 1.69 bits per heavy atom. The van der Waals surface area contributed by atoms with E-state index in [4.69, 9.17) is 9.97 Å². The van der Waals surface area contributed by atoms with Gasteiger partial charge in [-0.15, -0.1) is 0 Å². The van der Waals surface area contributed by atoms with E-state index >= 15 is 0 Å². The van der Waals surface area contributed by atoms with Crippen molar-refractivity contribution >= 4 is 45.6 Å². The number of nitrogens with one attached hydrogen (secondary N) is 2. The van der Waals surface area contributed by atoms with Crippen molar-refractivity contribution in [3.63, 3.8) is 0 Å². The number of benzene rings is 4. The molecule has 4 atom stereocenters. The Balaban J connectivity index is 0.877. The van der Waals surface area contributed by atoms with Gasteiger partial charge in [-0.1, -0.05) is 66.7 Å². The number of anilines is 1. The van der Waals surface area contributed by atoms with E-state index in [0.29, 0.717) is 32.7 Å². The van der Waals surface area contributed by atoms with E-state index in [9.17, 15) is 14.4 Å². The lowest BCUT2D eigenvalue weighted by Crippen LogP contribution is -2.40. The smallest absolute Gasteiger partial charge is 0.324 e. The van der Waals surface area contributed by atoms with E-state index in [0.717, 1.165) is 81.8 Å². The maximum absolute atomic E-state index is 14.0. The molecular weight excluding hydrogens is 741 g/mol. The summed E-state index contributed by atoms with van der Waals surface area (Å²) in [6.07, 6.45) is 3.51. The van der Waals surface area contributed by atoms with Crippen molar-refractivity contribution in [1.82, 2.24) is 44.4 Å². The van der Waals surface area contributed by atoms with Gasteiger partial charge in [0.2, 0.25) is 11.8 Å². The van der Waals surface area contributed by atoms with E-state index in [1.54, 1.807) is 0 Å². The number of aromatic amines is 2. The largest absolute Gasteiger partial charge is 0.340 e. The molecule has 3 aliphatic heterocycles. The first kappa shape index (κ1) is 38.5. The predicted octanol–water partition coefficient (Wildman–Crippen LogP) is 6.81. The first-order valence-corrected chi connectivity index (χ1v) is 20.7. The zero-order valence-electron chi connectivity index (χ0n) is 34.2. The van der Waals surface area contributed by atoms with Crippen LogP contribution < -0.4 is 4.90 Å². The second kappa shape index (κ2) is 16.0. The molecule has 4 aromatic carbocycles. The summed E-state index contributed by atoms with van der Waals surface area (Å²) in [5, 5.41) is 0. The number of hydrogen-bond donors (Lipinski definition) is 2. The lowest BCUT2D eigenvalue weighted by atomic mass is 10.0. The summed E-state index contributed by atoms with van der Waals surface area (Å²) in [5.74, 6) is 1.73. The van der Waals surface area contributed by atoms with Gasteiger partial charge < -0.3 is 24.7 Å². The minimum Gasteiger partial charge on any atom is -0.340 e. The maximum Gasteiger partial charge on any atom is 0.324 e. The number of amides is 4. The third kappa shape index (κ3) is 7.33. The average molecular weight is 793 g/mol. The highest BCUT2D eigenvalue weighted by molar-refractivity contribution is 5.96. The molecule has 5 heterocycles. The number of rotatable bonds is 11. The van der Waals surface area contributed by atoms with Gasteiger partial charge in [-0.05, 0) is 101 Å². The number of likely N-dealkylation sites (tertiary alicyclic amines) is 2. The average Bonchev–Trinajstić information content (AvgIpc) is 4.08. The minimum absolute atomic E-state index is 0.0494. The molecule has 6 aromatic rings. The number of imidazole rings is 2. The number of fused-ring (bicyclic) bond motifs is 2. The summed E-state index contributed by atoms with van der Waals surface area (Å²) in [7, 11) is 7.79. The fraction of sp³-hybridized carbons (Fsp3) is 0.370. The van der Waals surface area contributed by atoms with Crippen molar-refractivity contribution in [2.75, 3.05) is 59.3 Å². The summed E-state index contributed by atoms with van der Waals surface area (Å²) in [5.41, 5.74) is 7.16. The molecule has 0 unspecified atom stereocenters. The SMILES string of the molecule is CN(C)[C@@H](C(=O)N1CCC[C@H]1c1nc2ccc(CN3CCN(c4ccc5nc([C@@H]6CCCN6C(=O)[C@@H](c6ccccc6)N(C)C)[nH]c5c4)C3=O)cc2[nH]1)c1ccccc1. The molecule has 13 nitrogen and oxygen atoms in total. The summed E-state index contributed by atoms with van der Waals surface area (Å²) >= 11 is 0. The molecule has 2 aromatic heterocycles. The topological polar surface area (TPSA) is 128 Å². The zero-order chi connectivity index (χ0) is 40.8. The second-order valence-corrected chi connectivity index (χ2v) is 16.6. The highest BCUT2D eigenvalue weighted by atomic mass is 16.2. The Morgan fingerprint density at radius 2 is 1.17 bits per heavy atom. The lowest BCUT2D eigenvalue weighted by molar-refractivity contribution is -0.138. The fourth-order valence-corrected chi connectivity index (χ4v) is 9.40. The predicted molar refractivity (Wildman–Crippen MR) is 228 cm³/mol. The quantitative estimate of drug-likeness (QED) is 0.148. The highest BCUT2D eigenvalue weighted by Crippen LogP contribution is 2.37. The van der Waals surface area contributed by atoms with E-state index in [-0.39, 0.29) is 42.0 Å². The van der Waals surface area contributed by atoms with Crippen LogP contribution in [0.4, 0.5) is 10.5 Å². The molecule has 59 heavy (non-hydrogen) atoms. The van der Waals surface area contributed by atoms with Crippen LogP contribution in [0.25, 0.3) is 22.1 Å². The number of likely N-dealkylation sites (N-methyl/N-ethyl adjacent to an activating group) is 2. The molecule has 4 amide bonds. The number of carbonyl (C=O) groups excluding carboxylic acids is 3. The summed E-state index contributed by atoms with van der Waals surface area (Å²) in [4.78, 5) is 70.5. The summed E-state index contributed by atoms with van der Waals surface area (Å²) in [6.45, 7) is 3.01. The molecular formula is C46H52N10O3. The van der Waals surface area contributed by atoms with E-state index in [1.807, 2.05) is 149 Å². The Kier molecular flexibility index (Phi) is 10.4. The Morgan fingerprint density at radius 1 is 0.661 bits per heavy atom. The number of carbonyl (C=O) groups is 3. The Hall–Kier alpha value is -6.05. The van der Waals surface area contributed by atoms with Crippen molar-refractivity contribution in [1.29, 1.82) is 0 Å². The first-order chi connectivity index (χ1) is 28.6. The van der Waals surface area contributed by atoms with Gasteiger partial charge in [0, 0.05) is 38.4 Å². The fourth-order valence-electron chi connectivity index (χ4n) is 9.40. The Labute approximate surface area is 344 Å². The first-order valence-electron chi connectivity index (χ1n) is 20.7.